The zero-order valence-electron chi connectivity index (χ0n) is 18.6. The summed E-state index contributed by atoms with van der Waals surface area (Å²) in [6, 6.07) is 11.8. The molecule has 9 heteroatoms. The molecule has 0 fully saturated rings. The number of hydrogen-bond acceptors (Lipinski definition) is 3. The molecule has 0 atom stereocenters. The van der Waals surface area contributed by atoms with E-state index < -0.39 is 11.6 Å². The number of halogens is 2. The summed E-state index contributed by atoms with van der Waals surface area (Å²) in [6.07, 6.45) is 9.53. The van der Waals surface area contributed by atoms with Crippen LogP contribution in [0.5, 0.6) is 0 Å². The Morgan fingerprint density at radius 1 is 0.941 bits per heavy atom. The summed E-state index contributed by atoms with van der Waals surface area (Å²) in [4.78, 5) is 7.55. The van der Waals surface area contributed by atoms with Crippen LogP contribution in [-0.4, -0.2) is 53.2 Å². The Bertz CT molecular complexity index is 1400. The average Bonchev–Trinajstić information content (AvgIpc) is 3.51. The van der Waals surface area contributed by atoms with Crippen LogP contribution in [0, 0.1) is 11.6 Å². The molecule has 0 saturated heterocycles. The maximum atomic E-state index is 13.7. The van der Waals surface area contributed by atoms with Crippen LogP contribution < -0.4 is 0 Å². The van der Waals surface area contributed by atoms with Gasteiger partial charge in [0.05, 0.1) is 0 Å². The van der Waals surface area contributed by atoms with Gasteiger partial charge in [-0.1, -0.05) is 12.1 Å². The molecule has 6 nitrogen and oxygen atoms in total. The SMILES string of the molecule is Fc1cc(F)cc(Cc2nnc(CCc3c[nH]c4ccccc34)n2CCCc2cnc[n]2[Tl])c1. The number of nitrogens with zero attached hydrogens (tertiary/aromatic N) is 5. The fourth-order valence-corrected chi connectivity index (χ4v) is 5.43. The first-order chi connectivity index (χ1) is 16.6. The second-order valence-electron chi connectivity index (χ2n) is 8.39. The topological polar surface area (TPSA) is 64.3 Å². The van der Waals surface area contributed by atoms with Crippen molar-refractivity contribution >= 4 is 37.0 Å². The second kappa shape index (κ2) is 10.2. The third-order valence-corrected chi connectivity index (χ3v) is 7.85. The van der Waals surface area contributed by atoms with Crippen molar-refractivity contribution in [1.82, 2.24) is 27.1 Å². The van der Waals surface area contributed by atoms with E-state index in [1.807, 2.05) is 24.7 Å². The van der Waals surface area contributed by atoms with Crippen molar-refractivity contribution in [2.24, 2.45) is 0 Å². The van der Waals surface area contributed by atoms with Crippen LogP contribution in [0.4, 0.5) is 8.78 Å². The molecule has 5 aromatic rings. The van der Waals surface area contributed by atoms with E-state index >= 15 is 0 Å². The van der Waals surface area contributed by atoms with Crippen molar-refractivity contribution in [2.75, 3.05) is 0 Å². The molecule has 0 saturated carbocycles. The van der Waals surface area contributed by atoms with Gasteiger partial charge in [-0.2, -0.15) is 0 Å². The minimum absolute atomic E-state index is 0.328. The predicted molar refractivity (Wildman–Crippen MR) is 127 cm³/mol. The molecule has 0 aliphatic rings. The molecule has 5 rings (SSSR count). The third kappa shape index (κ3) is 5.11. The number of aromatic nitrogens is 6. The number of fused-ring (bicyclic) bond motifs is 1. The van der Waals surface area contributed by atoms with Gasteiger partial charge in [0, 0.05) is 0 Å². The van der Waals surface area contributed by atoms with Crippen molar-refractivity contribution in [3.8, 4) is 0 Å². The van der Waals surface area contributed by atoms with Gasteiger partial charge in [-0.05, 0) is 6.07 Å². The summed E-state index contributed by atoms with van der Waals surface area (Å²) in [5.41, 5.74) is 4.13. The fraction of sp³-hybridized carbons (Fsp3) is 0.240. The van der Waals surface area contributed by atoms with Gasteiger partial charge in [0.1, 0.15) is 0 Å². The van der Waals surface area contributed by atoms with Gasteiger partial charge >= 0.3 is 195 Å². The Kier molecular flexibility index (Phi) is 6.84. The Balaban J connectivity index is 1.37. The number of imidazole rings is 1. The standard InChI is InChI=1S/C25H23F2N6.Tl/c26-19-10-17(11-20(27)13-19)12-25-32-31-24(33(25)9-3-4-21-15-28-16-30-21)8-7-18-14-29-23-6-2-1-5-22(18)23;/h1-2,5-6,10-11,13-16,29H,3-4,7-9,12H2;/q-1;+1. The van der Waals surface area contributed by atoms with Gasteiger partial charge in [0.25, 0.3) is 0 Å². The first-order valence-electron chi connectivity index (χ1n) is 11.2. The van der Waals surface area contributed by atoms with Crippen LogP contribution in [0.25, 0.3) is 10.9 Å². The normalized spacial score (nSPS) is 11.4. The van der Waals surface area contributed by atoms with E-state index in [9.17, 15) is 8.78 Å². The fourth-order valence-electron chi connectivity index (χ4n) is 4.37. The van der Waals surface area contributed by atoms with Crippen molar-refractivity contribution < 1.29 is 8.78 Å². The van der Waals surface area contributed by atoms with E-state index in [1.54, 1.807) is 0 Å². The summed E-state index contributed by atoms with van der Waals surface area (Å²) < 4.78 is 31.8. The number of H-pyrrole nitrogens is 1. The molecule has 0 bridgehead atoms. The Morgan fingerprint density at radius 2 is 1.74 bits per heavy atom. The van der Waals surface area contributed by atoms with Crippen LogP contribution in [0.3, 0.4) is 0 Å². The van der Waals surface area contributed by atoms with Gasteiger partial charge in [-0.3, -0.25) is 0 Å². The van der Waals surface area contributed by atoms with E-state index in [0.717, 1.165) is 55.5 Å². The number of hydrogen-bond donors (Lipinski definition) is 1. The van der Waals surface area contributed by atoms with Crippen molar-refractivity contribution in [1.29, 1.82) is 0 Å². The van der Waals surface area contributed by atoms with Gasteiger partial charge in [-0.15, -0.1) is 0 Å². The van der Waals surface area contributed by atoms with Crippen molar-refractivity contribution in [3.05, 3.63) is 101 Å². The van der Waals surface area contributed by atoms with E-state index in [1.165, 1.54) is 28.8 Å². The minimum atomic E-state index is -0.582. The predicted octanol–water partition coefficient (Wildman–Crippen LogP) is 4.17. The first kappa shape index (κ1) is 22.9. The zero-order valence-corrected chi connectivity index (χ0v) is 23.1. The molecule has 0 aliphatic carbocycles. The number of rotatable bonds is 9. The van der Waals surface area contributed by atoms with Gasteiger partial charge in [0.15, 0.2) is 0 Å². The zero-order chi connectivity index (χ0) is 23.5. The van der Waals surface area contributed by atoms with E-state index in [-0.39, 0.29) is 0 Å². The molecule has 0 unspecified atom stereocenters. The number of benzene rings is 2. The van der Waals surface area contributed by atoms with E-state index in [0.29, 0.717) is 38.0 Å². The summed E-state index contributed by atoms with van der Waals surface area (Å²) in [7, 11) is 0. The number of nitrogens with one attached hydrogen (secondary N) is 1. The van der Waals surface area contributed by atoms with E-state index in [2.05, 4.69) is 45.4 Å². The molecule has 170 valence electrons. The molecule has 2 aromatic carbocycles. The van der Waals surface area contributed by atoms with E-state index in [4.69, 9.17) is 0 Å². The van der Waals surface area contributed by atoms with Gasteiger partial charge in [-0.25, -0.2) is 0 Å². The third-order valence-electron chi connectivity index (χ3n) is 6.04. The molecular weight excluding hydrogens is 627 g/mol. The molecule has 1 N–H and O–H groups in total. The van der Waals surface area contributed by atoms with Crippen LogP contribution in [0.1, 0.15) is 34.9 Å². The van der Waals surface area contributed by atoms with Gasteiger partial charge in [0.2, 0.25) is 0 Å². The molecule has 0 spiro atoms. The maximum absolute atomic E-state index is 13.7. The molecular formula is C25H23F2N6Tl. The molecule has 3 heterocycles. The summed E-state index contributed by atoms with van der Waals surface area (Å²) in [5.74, 6) is 0.447. The number of aryl methyl sites for hydroxylation is 3. The molecule has 0 aliphatic heterocycles. The molecule has 0 amide bonds. The monoisotopic (exact) mass is 650 g/mol. The average molecular weight is 650 g/mol. The van der Waals surface area contributed by atoms with Crippen LogP contribution in [-0.2, 0) is 32.2 Å². The van der Waals surface area contributed by atoms with Crippen LogP contribution in [0.2, 0.25) is 0 Å². The quantitative estimate of drug-likeness (QED) is 0.244. The Hall–Kier alpha value is -2.89. The molecule has 3 aromatic heterocycles. The Morgan fingerprint density at radius 3 is 2.53 bits per heavy atom. The second-order valence-corrected chi connectivity index (χ2v) is 10.6. The summed E-state index contributed by atoms with van der Waals surface area (Å²) >= 11 is 0.683. The summed E-state index contributed by atoms with van der Waals surface area (Å²) in [6.45, 7) is 0.735. The number of aromatic amines is 1. The summed E-state index contributed by atoms with van der Waals surface area (Å²) in [5, 5.41) is 10.1. The molecule has 34 heavy (non-hydrogen) atoms. The van der Waals surface area contributed by atoms with Crippen LogP contribution in [0.15, 0.2) is 61.2 Å². The Labute approximate surface area is 212 Å². The number of para-hydroxylation sites is 1. The van der Waals surface area contributed by atoms with Gasteiger partial charge < -0.3 is 0 Å². The molecule has 0 radical (unpaired) electrons. The first-order valence-corrected chi connectivity index (χ1v) is 13.2. The van der Waals surface area contributed by atoms with Crippen molar-refractivity contribution in [3.63, 3.8) is 0 Å². The van der Waals surface area contributed by atoms with Crippen LogP contribution >= 0.6 is 0 Å². The van der Waals surface area contributed by atoms with Crippen molar-refractivity contribution in [2.45, 2.75) is 38.6 Å².